The lowest BCUT2D eigenvalue weighted by atomic mass is 9.90. The Labute approximate surface area is 174 Å². The number of halogens is 2. The van der Waals surface area contributed by atoms with Crippen molar-refractivity contribution in [2.45, 2.75) is 45.7 Å². The topological polar surface area (TPSA) is 57.8 Å². The Morgan fingerprint density at radius 3 is 2.80 bits per heavy atom. The summed E-state index contributed by atoms with van der Waals surface area (Å²) in [5, 5.41) is 12.8. The Kier molecular flexibility index (Phi) is 5.29. The minimum absolute atomic E-state index is 0.00143. The minimum atomic E-state index is -0.528. The molecular weight excluding hydrogens is 384 g/mol. The van der Waals surface area contributed by atoms with Gasteiger partial charge < -0.3 is 9.88 Å². The normalized spacial score (nSPS) is 15.8. The smallest absolute Gasteiger partial charge is 0.222 e. The first-order chi connectivity index (χ1) is 14.4. The molecule has 1 aliphatic carbocycles. The highest BCUT2D eigenvalue weighted by Gasteiger charge is 2.29. The Hall–Kier alpha value is -3.20. The molecule has 0 spiro atoms. The molecule has 0 bridgehead atoms. The molecule has 3 aromatic rings. The van der Waals surface area contributed by atoms with Crippen molar-refractivity contribution in [2.24, 2.45) is 5.92 Å². The lowest BCUT2D eigenvalue weighted by Crippen LogP contribution is -2.41. The number of nitrogens with one attached hydrogen (secondary N) is 1. The number of nitrogens with zero attached hydrogens (tertiary/aromatic N) is 2. The van der Waals surface area contributed by atoms with Gasteiger partial charge in [-0.05, 0) is 54.7 Å². The van der Waals surface area contributed by atoms with Crippen LogP contribution in [-0.2, 0) is 24.2 Å². The molecule has 1 aromatic heterocycles. The first kappa shape index (κ1) is 20.1. The summed E-state index contributed by atoms with van der Waals surface area (Å²) in [7, 11) is 0. The first-order valence-electron chi connectivity index (χ1n) is 10.2. The molecule has 0 radical (unpaired) electrons. The quantitative estimate of drug-likeness (QED) is 0.694. The molecule has 6 heteroatoms. The van der Waals surface area contributed by atoms with Gasteiger partial charge >= 0.3 is 0 Å². The second-order valence-corrected chi connectivity index (χ2v) is 8.18. The van der Waals surface area contributed by atoms with Crippen molar-refractivity contribution in [3.05, 3.63) is 70.4 Å². The van der Waals surface area contributed by atoms with Crippen LogP contribution in [0.3, 0.4) is 0 Å². The molecule has 1 atom stereocenters. The van der Waals surface area contributed by atoms with Gasteiger partial charge in [0, 0.05) is 29.6 Å². The number of hydrogen-bond donors (Lipinski definition) is 1. The Bertz CT molecular complexity index is 1170. The van der Waals surface area contributed by atoms with Gasteiger partial charge in [-0.25, -0.2) is 8.78 Å². The molecule has 1 amide bonds. The number of benzene rings is 2. The van der Waals surface area contributed by atoms with Crippen molar-refractivity contribution >= 4 is 16.8 Å². The number of carbonyl (C=O) groups is 1. The van der Waals surface area contributed by atoms with Gasteiger partial charge in [-0.15, -0.1) is 0 Å². The van der Waals surface area contributed by atoms with Crippen LogP contribution in [0.15, 0.2) is 36.4 Å². The van der Waals surface area contributed by atoms with Gasteiger partial charge in [0.05, 0.1) is 11.1 Å². The van der Waals surface area contributed by atoms with Crippen LogP contribution in [0.5, 0.6) is 0 Å². The summed E-state index contributed by atoms with van der Waals surface area (Å²) >= 11 is 0. The average Bonchev–Trinajstić information content (AvgIpc) is 3.02. The summed E-state index contributed by atoms with van der Waals surface area (Å²) in [6.07, 6.45) is 1.92. The van der Waals surface area contributed by atoms with Gasteiger partial charge in [-0.1, -0.05) is 26.0 Å². The van der Waals surface area contributed by atoms with Crippen LogP contribution < -0.4 is 5.32 Å². The largest absolute Gasteiger partial charge is 0.353 e. The van der Waals surface area contributed by atoms with Gasteiger partial charge in [0.25, 0.3) is 0 Å². The SMILES string of the molecule is CC(C)C(=O)NC1CCc2c(c3c(F)c(C#N)ccc3n2Cc2cccc(F)c2)C1. The van der Waals surface area contributed by atoms with Crippen LogP contribution in [0.1, 0.15) is 42.7 Å². The number of carbonyl (C=O) groups excluding carboxylic acids is 1. The number of amides is 1. The number of aromatic nitrogens is 1. The lowest BCUT2D eigenvalue weighted by molar-refractivity contribution is -0.124. The van der Waals surface area contributed by atoms with E-state index >= 15 is 4.39 Å². The molecule has 1 unspecified atom stereocenters. The maximum Gasteiger partial charge on any atom is 0.222 e. The van der Waals surface area contributed by atoms with Gasteiger partial charge in [0.1, 0.15) is 11.9 Å². The molecule has 1 aliphatic rings. The zero-order valence-corrected chi connectivity index (χ0v) is 17.0. The van der Waals surface area contributed by atoms with E-state index in [4.69, 9.17) is 0 Å². The molecule has 0 saturated carbocycles. The number of fused-ring (bicyclic) bond motifs is 3. The molecule has 2 aromatic carbocycles. The highest BCUT2D eigenvalue weighted by Crippen LogP contribution is 2.35. The summed E-state index contributed by atoms with van der Waals surface area (Å²) in [5.41, 5.74) is 3.29. The summed E-state index contributed by atoms with van der Waals surface area (Å²) < 4.78 is 30.9. The molecule has 0 fully saturated rings. The highest BCUT2D eigenvalue weighted by atomic mass is 19.1. The van der Waals surface area contributed by atoms with Crippen LogP contribution in [0.4, 0.5) is 8.78 Å². The first-order valence-corrected chi connectivity index (χ1v) is 10.2. The third-order valence-electron chi connectivity index (χ3n) is 5.79. The van der Waals surface area contributed by atoms with Gasteiger partial charge in [0.15, 0.2) is 5.82 Å². The number of rotatable bonds is 4. The van der Waals surface area contributed by atoms with E-state index in [2.05, 4.69) is 5.32 Å². The molecular formula is C24H23F2N3O. The zero-order chi connectivity index (χ0) is 21.4. The van der Waals surface area contributed by atoms with E-state index in [0.29, 0.717) is 30.3 Å². The molecule has 0 saturated heterocycles. The predicted octanol–water partition coefficient (Wildman–Crippen LogP) is 4.47. The second kappa shape index (κ2) is 7.91. The van der Waals surface area contributed by atoms with Gasteiger partial charge in [0.2, 0.25) is 5.91 Å². The Morgan fingerprint density at radius 2 is 2.10 bits per heavy atom. The van der Waals surface area contributed by atoms with Crippen LogP contribution in [-0.4, -0.2) is 16.5 Å². The number of nitriles is 1. The molecule has 1 N–H and O–H groups in total. The van der Waals surface area contributed by atoms with E-state index in [9.17, 15) is 14.4 Å². The van der Waals surface area contributed by atoms with Gasteiger partial charge in [-0.2, -0.15) is 5.26 Å². The number of hydrogen-bond acceptors (Lipinski definition) is 2. The van der Waals surface area contributed by atoms with E-state index in [1.165, 1.54) is 18.2 Å². The summed E-state index contributed by atoms with van der Waals surface area (Å²) in [6.45, 7) is 4.10. The van der Waals surface area contributed by atoms with Crippen LogP contribution in [0, 0.1) is 28.9 Å². The molecule has 4 nitrogen and oxygen atoms in total. The Balaban J connectivity index is 1.81. The summed E-state index contributed by atoms with van der Waals surface area (Å²) in [5.74, 6) is -0.986. The molecule has 30 heavy (non-hydrogen) atoms. The van der Waals surface area contributed by atoms with Crippen LogP contribution >= 0.6 is 0 Å². The van der Waals surface area contributed by atoms with Crippen molar-refractivity contribution in [2.75, 3.05) is 0 Å². The van der Waals surface area contributed by atoms with Crippen LogP contribution in [0.2, 0.25) is 0 Å². The van der Waals surface area contributed by atoms with Crippen molar-refractivity contribution in [3.63, 3.8) is 0 Å². The summed E-state index contributed by atoms with van der Waals surface area (Å²) in [4.78, 5) is 12.2. The minimum Gasteiger partial charge on any atom is -0.353 e. The van der Waals surface area contributed by atoms with E-state index in [0.717, 1.165) is 23.2 Å². The molecule has 0 aliphatic heterocycles. The van der Waals surface area contributed by atoms with E-state index in [1.54, 1.807) is 12.1 Å². The standard InChI is InChI=1S/C24H23F2N3O/c1-14(2)24(30)28-18-7-9-20-19(11-18)22-21(8-6-16(12-27)23(22)26)29(20)13-15-4-3-5-17(25)10-15/h3-6,8,10,14,18H,7,9,11,13H2,1-2H3,(H,28,30). The zero-order valence-electron chi connectivity index (χ0n) is 17.0. The fourth-order valence-corrected chi connectivity index (χ4v) is 4.27. The second-order valence-electron chi connectivity index (χ2n) is 8.18. The summed E-state index contributed by atoms with van der Waals surface area (Å²) in [6, 6.07) is 11.5. The third kappa shape index (κ3) is 3.56. The van der Waals surface area contributed by atoms with Crippen molar-refractivity contribution in [3.8, 4) is 6.07 Å². The van der Waals surface area contributed by atoms with E-state index in [1.807, 2.05) is 30.6 Å². The van der Waals surface area contributed by atoms with Crippen molar-refractivity contribution < 1.29 is 13.6 Å². The average molecular weight is 407 g/mol. The van der Waals surface area contributed by atoms with Gasteiger partial charge in [-0.3, -0.25) is 4.79 Å². The van der Waals surface area contributed by atoms with Crippen molar-refractivity contribution in [1.82, 2.24) is 9.88 Å². The fourth-order valence-electron chi connectivity index (χ4n) is 4.27. The van der Waals surface area contributed by atoms with Crippen molar-refractivity contribution in [1.29, 1.82) is 5.26 Å². The molecule has 4 rings (SSSR count). The molecule has 1 heterocycles. The lowest BCUT2D eigenvalue weighted by Gasteiger charge is -2.26. The van der Waals surface area contributed by atoms with Crippen LogP contribution in [0.25, 0.3) is 10.9 Å². The maximum atomic E-state index is 15.2. The molecule has 154 valence electrons. The fraction of sp³-hybridized carbons (Fsp3) is 0.333. The Morgan fingerprint density at radius 1 is 1.30 bits per heavy atom. The maximum absolute atomic E-state index is 15.2. The monoisotopic (exact) mass is 407 g/mol. The third-order valence-corrected chi connectivity index (χ3v) is 5.79. The predicted molar refractivity (Wildman–Crippen MR) is 111 cm³/mol. The van der Waals surface area contributed by atoms with E-state index < -0.39 is 5.82 Å². The highest BCUT2D eigenvalue weighted by molar-refractivity contribution is 5.88. The van der Waals surface area contributed by atoms with E-state index in [-0.39, 0.29) is 29.2 Å².